The first kappa shape index (κ1) is 14.1. The normalized spacial score (nSPS) is 22.2. The third-order valence-corrected chi connectivity index (χ3v) is 4.47. The van der Waals surface area contributed by atoms with Crippen molar-refractivity contribution in [3.05, 3.63) is 21.9 Å². The van der Waals surface area contributed by atoms with Crippen molar-refractivity contribution >= 4 is 17.2 Å². The maximum atomic E-state index is 12.5. The molecule has 2 rings (SSSR count). The molecule has 1 fully saturated rings. The van der Waals surface area contributed by atoms with E-state index >= 15 is 0 Å². The van der Waals surface area contributed by atoms with Crippen LogP contribution in [0.15, 0.2) is 11.4 Å². The lowest BCUT2D eigenvalue weighted by Crippen LogP contribution is -2.39. The first-order valence-electron chi connectivity index (χ1n) is 6.68. The zero-order valence-electron chi connectivity index (χ0n) is 11.3. The molecule has 1 N–H and O–H groups in total. The zero-order valence-corrected chi connectivity index (χ0v) is 12.2. The molecule has 4 heteroatoms. The van der Waals surface area contributed by atoms with Crippen LogP contribution in [0.1, 0.15) is 48.3 Å². The first-order valence-corrected chi connectivity index (χ1v) is 7.56. The Morgan fingerprint density at radius 3 is 3.05 bits per heavy atom. The minimum atomic E-state index is -0.151. The molecule has 1 aliphatic heterocycles. The molecule has 0 bridgehead atoms. The predicted molar refractivity (Wildman–Crippen MR) is 77.2 cm³/mol. The number of aliphatic hydroxyl groups excluding tert-OH is 1. The highest BCUT2D eigenvalue weighted by Crippen LogP contribution is 2.28. The number of carbonyl (C=O) groups excluding carboxylic acids is 1. The fourth-order valence-corrected chi connectivity index (χ4v) is 3.38. The second-order valence-electron chi connectivity index (χ2n) is 4.86. The highest BCUT2D eigenvalue weighted by atomic mass is 32.1. The van der Waals surface area contributed by atoms with Gasteiger partial charge in [0.2, 0.25) is 0 Å². The minimum absolute atomic E-state index is 0.116. The molecule has 1 amide bonds. The molecule has 0 saturated carbocycles. The Hall–Kier alpha value is -1.31. The number of hydrogen-bond acceptors (Lipinski definition) is 3. The quantitative estimate of drug-likeness (QED) is 0.844. The number of rotatable bonds is 2. The van der Waals surface area contributed by atoms with Crippen molar-refractivity contribution in [3.63, 3.8) is 0 Å². The Kier molecular flexibility index (Phi) is 4.62. The summed E-state index contributed by atoms with van der Waals surface area (Å²) >= 11 is 1.45. The van der Waals surface area contributed by atoms with Crippen LogP contribution in [0.25, 0.3) is 0 Å². The molecule has 2 unspecified atom stereocenters. The van der Waals surface area contributed by atoms with Crippen LogP contribution < -0.4 is 0 Å². The van der Waals surface area contributed by atoms with Gasteiger partial charge in [0, 0.05) is 17.5 Å². The minimum Gasteiger partial charge on any atom is -0.384 e. The average Bonchev–Trinajstić information content (AvgIpc) is 3.02. The van der Waals surface area contributed by atoms with Crippen molar-refractivity contribution in [2.75, 3.05) is 6.61 Å². The van der Waals surface area contributed by atoms with Crippen LogP contribution in [0.2, 0.25) is 0 Å². The van der Waals surface area contributed by atoms with Crippen LogP contribution in [0, 0.1) is 11.8 Å². The van der Waals surface area contributed by atoms with E-state index in [1.54, 1.807) is 0 Å². The molecule has 1 aliphatic rings. The number of carbonyl (C=O) groups is 1. The monoisotopic (exact) mass is 277 g/mol. The van der Waals surface area contributed by atoms with Gasteiger partial charge in [0.05, 0.1) is 10.4 Å². The van der Waals surface area contributed by atoms with Gasteiger partial charge in [0.1, 0.15) is 6.61 Å². The molecule has 2 atom stereocenters. The zero-order chi connectivity index (χ0) is 13.8. The number of hydrogen-bond donors (Lipinski definition) is 1. The maximum Gasteiger partial charge on any atom is 0.255 e. The van der Waals surface area contributed by atoms with Gasteiger partial charge in [-0.25, -0.2) is 0 Å². The SMILES string of the molecule is CCC1CCC(C)N1C(=O)c1csc(C#CCO)c1. The van der Waals surface area contributed by atoms with Crippen molar-refractivity contribution in [2.45, 2.75) is 45.2 Å². The van der Waals surface area contributed by atoms with Crippen LogP contribution in [-0.2, 0) is 0 Å². The predicted octanol–water partition coefficient (Wildman–Crippen LogP) is 2.50. The summed E-state index contributed by atoms with van der Waals surface area (Å²) in [5.41, 5.74) is 0.722. The van der Waals surface area contributed by atoms with E-state index in [1.165, 1.54) is 11.3 Å². The van der Waals surface area contributed by atoms with Crippen LogP contribution in [-0.4, -0.2) is 34.6 Å². The lowest BCUT2D eigenvalue weighted by molar-refractivity contribution is 0.0677. The largest absolute Gasteiger partial charge is 0.384 e. The summed E-state index contributed by atoms with van der Waals surface area (Å²) in [6.07, 6.45) is 3.20. The summed E-state index contributed by atoms with van der Waals surface area (Å²) in [6.45, 7) is 4.10. The molecular formula is C15H19NO2S. The van der Waals surface area contributed by atoms with E-state index in [2.05, 4.69) is 25.7 Å². The Morgan fingerprint density at radius 2 is 2.37 bits per heavy atom. The van der Waals surface area contributed by atoms with Crippen molar-refractivity contribution in [1.29, 1.82) is 0 Å². The summed E-state index contributed by atoms with van der Waals surface area (Å²) in [6, 6.07) is 2.52. The van der Waals surface area contributed by atoms with Gasteiger partial charge in [-0.1, -0.05) is 18.8 Å². The average molecular weight is 277 g/mol. The summed E-state index contributed by atoms with van der Waals surface area (Å²) in [5.74, 6) is 5.57. The van der Waals surface area contributed by atoms with Gasteiger partial charge in [-0.05, 0) is 32.3 Å². The number of likely N-dealkylation sites (tertiary alicyclic amines) is 1. The highest BCUT2D eigenvalue weighted by molar-refractivity contribution is 7.10. The Balaban J connectivity index is 2.17. The topological polar surface area (TPSA) is 40.5 Å². The maximum absolute atomic E-state index is 12.5. The standard InChI is InChI=1S/C15H19NO2S/c1-3-13-7-6-11(2)16(13)15(18)12-9-14(19-10-12)5-4-8-17/h9-11,13,17H,3,6-8H2,1-2H3. The molecule has 19 heavy (non-hydrogen) atoms. The Bertz CT molecular complexity index is 512. The van der Waals surface area contributed by atoms with Gasteiger partial charge >= 0.3 is 0 Å². The molecule has 102 valence electrons. The molecule has 1 aromatic rings. The third-order valence-electron chi connectivity index (χ3n) is 3.63. The smallest absolute Gasteiger partial charge is 0.255 e. The van der Waals surface area contributed by atoms with Crippen LogP contribution in [0.5, 0.6) is 0 Å². The van der Waals surface area contributed by atoms with Crippen molar-refractivity contribution in [3.8, 4) is 11.8 Å². The number of aliphatic hydroxyl groups is 1. The van der Waals surface area contributed by atoms with Gasteiger partial charge in [-0.2, -0.15) is 0 Å². The molecule has 3 nitrogen and oxygen atoms in total. The van der Waals surface area contributed by atoms with E-state index in [0.717, 1.165) is 29.7 Å². The van der Waals surface area contributed by atoms with Gasteiger partial charge in [0.15, 0.2) is 0 Å². The molecule has 2 heterocycles. The fourth-order valence-electron chi connectivity index (χ4n) is 2.63. The van der Waals surface area contributed by atoms with Crippen LogP contribution in [0.3, 0.4) is 0 Å². The molecule has 1 aromatic heterocycles. The number of nitrogens with zero attached hydrogens (tertiary/aromatic N) is 1. The molecule has 0 aliphatic carbocycles. The molecule has 1 saturated heterocycles. The summed E-state index contributed by atoms with van der Waals surface area (Å²) in [5, 5.41) is 10.5. The molecule has 0 aromatic carbocycles. The first-order chi connectivity index (χ1) is 9.17. The Labute approximate surface area is 118 Å². The van der Waals surface area contributed by atoms with E-state index in [9.17, 15) is 4.79 Å². The second-order valence-corrected chi connectivity index (χ2v) is 5.77. The van der Waals surface area contributed by atoms with Gasteiger partial charge < -0.3 is 10.0 Å². The van der Waals surface area contributed by atoms with Gasteiger partial charge in [-0.3, -0.25) is 4.79 Å². The van der Waals surface area contributed by atoms with Crippen LogP contribution >= 0.6 is 11.3 Å². The van der Waals surface area contributed by atoms with Gasteiger partial charge in [0.25, 0.3) is 5.91 Å². The molecule has 0 radical (unpaired) electrons. The third kappa shape index (κ3) is 2.99. The summed E-state index contributed by atoms with van der Waals surface area (Å²) in [4.78, 5) is 15.4. The van der Waals surface area contributed by atoms with E-state index in [4.69, 9.17) is 5.11 Å². The lowest BCUT2D eigenvalue weighted by Gasteiger charge is -2.27. The van der Waals surface area contributed by atoms with Crippen molar-refractivity contribution in [2.24, 2.45) is 0 Å². The number of amides is 1. The van der Waals surface area contributed by atoms with E-state index in [0.29, 0.717) is 12.1 Å². The van der Waals surface area contributed by atoms with E-state index < -0.39 is 0 Å². The van der Waals surface area contributed by atoms with E-state index in [1.807, 2.05) is 16.3 Å². The van der Waals surface area contributed by atoms with Crippen LogP contribution in [0.4, 0.5) is 0 Å². The molecular weight excluding hydrogens is 258 g/mol. The van der Waals surface area contributed by atoms with Gasteiger partial charge in [-0.15, -0.1) is 11.3 Å². The molecule has 0 spiro atoms. The number of thiophene rings is 1. The Morgan fingerprint density at radius 1 is 1.58 bits per heavy atom. The highest BCUT2D eigenvalue weighted by Gasteiger charge is 2.33. The van der Waals surface area contributed by atoms with E-state index in [-0.39, 0.29) is 12.5 Å². The van der Waals surface area contributed by atoms with Crippen molar-refractivity contribution < 1.29 is 9.90 Å². The summed E-state index contributed by atoms with van der Waals surface area (Å²) < 4.78 is 0. The van der Waals surface area contributed by atoms with Crippen molar-refractivity contribution in [1.82, 2.24) is 4.90 Å². The fraction of sp³-hybridized carbons (Fsp3) is 0.533. The second kappa shape index (κ2) is 6.23. The summed E-state index contributed by atoms with van der Waals surface area (Å²) in [7, 11) is 0. The lowest BCUT2D eigenvalue weighted by atomic mass is 10.1.